The maximum atomic E-state index is 12.3. The fourth-order valence-corrected chi connectivity index (χ4v) is 3.36. The van der Waals surface area contributed by atoms with Crippen LogP contribution in [0.5, 0.6) is 0 Å². The Labute approximate surface area is 121 Å². The standard InChI is InChI=1S/C12H19F3O5S/c1-2-10(9-20-21(16,17)12(13,14)15)3-5-11(6-4-10)18-7-8-19-11/h2-9H2,1H3. The summed E-state index contributed by atoms with van der Waals surface area (Å²) < 4.78 is 74.3. The molecule has 1 aliphatic heterocycles. The zero-order valence-electron chi connectivity index (χ0n) is 11.7. The van der Waals surface area contributed by atoms with Gasteiger partial charge in [0, 0.05) is 12.8 Å². The monoisotopic (exact) mass is 332 g/mol. The van der Waals surface area contributed by atoms with Crippen molar-refractivity contribution in [3.8, 4) is 0 Å². The molecule has 21 heavy (non-hydrogen) atoms. The third-order valence-electron chi connectivity index (χ3n) is 4.44. The Balaban J connectivity index is 1.98. The van der Waals surface area contributed by atoms with E-state index < -0.39 is 33.4 Å². The Hall–Kier alpha value is -0.380. The molecule has 2 fully saturated rings. The highest BCUT2D eigenvalue weighted by Gasteiger charge is 2.50. The van der Waals surface area contributed by atoms with Crippen molar-refractivity contribution < 1.29 is 35.2 Å². The van der Waals surface area contributed by atoms with E-state index in [1.165, 1.54) is 0 Å². The van der Waals surface area contributed by atoms with Crippen LogP contribution in [0.15, 0.2) is 0 Å². The summed E-state index contributed by atoms with van der Waals surface area (Å²) in [5.41, 5.74) is -5.96. The predicted octanol–water partition coefficient (Wildman–Crippen LogP) is 2.57. The Morgan fingerprint density at radius 2 is 1.62 bits per heavy atom. The summed E-state index contributed by atoms with van der Waals surface area (Å²) in [4.78, 5) is 0. The van der Waals surface area contributed by atoms with E-state index >= 15 is 0 Å². The fourth-order valence-electron chi connectivity index (χ4n) is 2.82. The first-order valence-corrected chi connectivity index (χ1v) is 8.28. The van der Waals surface area contributed by atoms with Crippen LogP contribution in [0.25, 0.3) is 0 Å². The molecule has 9 heteroatoms. The zero-order chi connectivity index (χ0) is 15.8. The van der Waals surface area contributed by atoms with Crippen molar-refractivity contribution in [1.82, 2.24) is 0 Å². The topological polar surface area (TPSA) is 61.8 Å². The molecule has 0 atom stereocenters. The first kappa shape index (κ1) is 17.0. The lowest BCUT2D eigenvalue weighted by molar-refractivity contribution is -0.194. The first-order valence-electron chi connectivity index (χ1n) is 6.87. The predicted molar refractivity (Wildman–Crippen MR) is 66.8 cm³/mol. The van der Waals surface area contributed by atoms with Gasteiger partial charge in [-0.05, 0) is 24.7 Å². The SMILES string of the molecule is CCC1(COS(=O)(=O)C(F)(F)F)CCC2(CC1)OCCO2. The normalized spacial score (nSPS) is 25.3. The van der Waals surface area contributed by atoms with Crippen molar-refractivity contribution >= 4 is 10.1 Å². The molecule has 1 saturated heterocycles. The van der Waals surface area contributed by atoms with E-state index in [0.29, 0.717) is 45.3 Å². The summed E-state index contributed by atoms with van der Waals surface area (Å²) in [6.07, 6.45) is 2.64. The molecular formula is C12H19F3O5S. The molecule has 2 rings (SSSR count). The zero-order valence-corrected chi connectivity index (χ0v) is 12.6. The highest BCUT2D eigenvalue weighted by molar-refractivity contribution is 7.87. The fraction of sp³-hybridized carbons (Fsp3) is 1.00. The van der Waals surface area contributed by atoms with Crippen LogP contribution in [0.2, 0.25) is 0 Å². The number of hydrogen-bond donors (Lipinski definition) is 0. The third kappa shape index (κ3) is 3.52. The van der Waals surface area contributed by atoms with E-state index in [-0.39, 0.29) is 0 Å². The number of halogens is 3. The first-order chi connectivity index (χ1) is 9.64. The Morgan fingerprint density at radius 1 is 1.10 bits per heavy atom. The Kier molecular flexibility index (Phi) is 4.59. The van der Waals surface area contributed by atoms with Crippen LogP contribution in [-0.4, -0.2) is 39.5 Å². The summed E-state index contributed by atoms with van der Waals surface area (Å²) in [5, 5.41) is 0. The highest BCUT2D eigenvalue weighted by Crippen LogP contribution is 2.47. The van der Waals surface area contributed by atoms with Crippen LogP contribution in [0.3, 0.4) is 0 Å². The van der Waals surface area contributed by atoms with E-state index in [2.05, 4.69) is 4.18 Å². The molecule has 0 aromatic carbocycles. The van der Waals surface area contributed by atoms with Crippen molar-refractivity contribution in [3.05, 3.63) is 0 Å². The number of hydrogen-bond acceptors (Lipinski definition) is 5. The van der Waals surface area contributed by atoms with Crippen LogP contribution >= 0.6 is 0 Å². The van der Waals surface area contributed by atoms with Crippen molar-refractivity contribution in [2.24, 2.45) is 5.41 Å². The second-order valence-corrected chi connectivity index (χ2v) is 7.23. The van der Waals surface area contributed by atoms with Gasteiger partial charge in [-0.25, -0.2) is 0 Å². The lowest BCUT2D eigenvalue weighted by Crippen LogP contribution is -2.42. The molecule has 0 amide bonds. The highest BCUT2D eigenvalue weighted by atomic mass is 32.2. The van der Waals surface area contributed by atoms with E-state index in [4.69, 9.17) is 9.47 Å². The summed E-state index contributed by atoms with van der Waals surface area (Å²) in [6.45, 7) is 2.38. The average Bonchev–Trinajstić information content (AvgIpc) is 2.86. The van der Waals surface area contributed by atoms with Crippen molar-refractivity contribution in [1.29, 1.82) is 0 Å². The van der Waals surface area contributed by atoms with Crippen LogP contribution in [0.4, 0.5) is 13.2 Å². The molecule has 1 saturated carbocycles. The largest absolute Gasteiger partial charge is 0.523 e. The van der Waals surface area contributed by atoms with E-state index in [1.807, 2.05) is 6.92 Å². The molecule has 124 valence electrons. The van der Waals surface area contributed by atoms with E-state index in [0.717, 1.165) is 0 Å². The molecule has 1 aliphatic carbocycles. The third-order valence-corrected chi connectivity index (χ3v) is 5.43. The van der Waals surface area contributed by atoms with Crippen molar-refractivity contribution in [2.45, 2.75) is 50.3 Å². The van der Waals surface area contributed by atoms with Crippen LogP contribution < -0.4 is 0 Å². The summed E-state index contributed by atoms with van der Waals surface area (Å²) in [6, 6.07) is 0. The second-order valence-electron chi connectivity index (χ2n) is 5.62. The van der Waals surface area contributed by atoms with Gasteiger partial charge in [0.2, 0.25) is 0 Å². The molecule has 1 heterocycles. The molecule has 2 aliphatic rings. The molecule has 1 spiro atoms. The van der Waals surface area contributed by atoms with Gasteiger partial charge in [-0.3, -0.25) is 4.18 Å². The van der Waals surface area contributed by atoms with Gasteiger partial charge in [0.05, 0.1) is 19.8 Å². The van der Waals surface area contributed by atoms with Gasteiger partial charge in [0.1, 0.15) is 0 Å². The van der Waals surface area contributed by atoms with Crippen molar-refractivity contribution in [2.75, 3.05) is 19.8 Å². The molecule has 0 bridgehead atoms. The number of alkyl halides is 3. The molecule has 0 radical (unpaired) electrons. The molecule has 0 aromatic rings. The van der Waals surface area contributed by atoms with Gasteiger partial charge in [0.15, 0.2) is 5.79 Å². The summed E-state index contributed by atoms with van der Waals surface area (Å²) >= 11 is 0. The van der Waals surface area contributed by atoms with E-state index in [9.17, 15) is 21.6 Å². The van der Waals surface area contributed by atoms with Crippen LogP contribution in [0, 0.1) is 5.41 Å². The molecule has 0 unspecified atom stereocenters. The minimum absolute atomic E-state index is 0.457. The Morgan fingerprint density at radius 3 is 2.05 bits per heavy atom. The average molecular weight is 332 g/mol. The van der Waals surface area contributed by atoms with Crippen molar-refractivity contribution in [3.63, 3.8) is 0 Å². The lowest BCUT2D eigenvalue weighted by Gasteiger charge is -2.42. The molecule has 5 nitrogen and oxygen atoms in total. The minimum Gasteiger partial charge on any atom is -0.348 e. The lowest BCUT2D eigenvalue weighted by atomic mass is 9.71. The summed E-state index contributed by atoms with van der Waals surface area (Å²) in [5.74, 6) is -0.637. The van der Waals surface area contributed by atoms with Gasteiger partial charge >= 0.3 is 15.6 Å². The molecule has 0 N–H and O–H groups in total. The molecular weight excluding hydrogens is 313 g/mol. The quantitative estimate of drug-likeness (QED) is 0.585. The minimum atomic E-state index is -5.54. The second kappa shape index (κ2) is 5.68. The number of rotatable bonds is 4. The van der Waals surface area contributed by atoms with Gasteiger partial charge in [0.25, 0.3) is 0 Å². The van der Waals surface area contributed by atoms with Gasteiger partial charge in [-0.1, -0.05) is 6.92 Å². The van der Waals surface area contributed by atoms with Gasteiger partial charge in [-0.2, -0.15) is 21.6 Å². The van der Waals surface area contributed by atoms with E-state index in [1.54, 1.807) is 0 Å². The van der Waals surface area contributed by atoms with Gasteiger partial charge < -0.3 is 9.47 Å². The maximum absolute atomic E-state index is 12.3. The Bertz CT molecular complexity index is 458. The number of ether oxygens (including phenoxy) is 2. The molecule has 0 aromatic heterocycles. The smallest absolute Gasteiger partial charge is 0.348 e. The van der Waals surface area contributed by atoms with Crippen LogP contribution in [0.1, 0.15) is 39.0 Å². The maximum Gasteiger partial charge on any atom is 0.523 e. The van der Waals surface area contributed by atoms with Crippen LogP contribution in [-0.2, 0) is 23.8 Å². The van der Waals surface area contributed by atoms with Gasteiger partial charge in [-0.15, -0.1) is 0 Å². The summed E-state index contributed by atoms with van der Waals surface area (Å²) in [7, 11) is -5.54.